The van der Waals surface area contributed by atoms with E-state index in [1.54, 1.807) is 0 Å². The van der Waals surface area contributed by atoms with Crippen molar-refractivity contribution in [3.8, 4) is 10.6 Å². The fraction of sp³-hybridized carbons (Fsp3) is 0. The second kappa shape index (κ2) is 5.35. The summed E-state index contributed by atoms with van der Waals surface area (Å²) in [7, 11) is -3.75. The molecule has 0 fully saturated rings. The minimum Gasteiger partial charge on any atom is -1.00 e. The van der Waals surface area contributed by atoms with E-state index in [2.05, 4.69) is 10.2 Å². The second-order valence-corrected chi connectivity index (χ2v) is 5.50. The monoisotopic (exact) mass is 265 g/mol. The predicted molar refractivity (Wildman–Crippen MR) is 57.8 cm³/mol. The van der Waals surface area contributed by atoms with Crippen LogP contribution in [-0.2, 0) is 10.0 Å². The molecule has 2 aromatic rings. The smallest absolute Gasteiger partial charge is 1.00 e. The van der Waals surface area contributed by atoms with Crippen molar-refractivity contribution >= 4 is 21.4 Å². The number of hydrogen-bond acceptors (Lipinski definition) is 5. The van der Waals surface area contributed by atoms with Crippen molar-refractivity contribution in [1.82, 2.24) is 10.2 Å². The normalized spacial score (nSPS) is 10.8. The van der Waals surface area contributed by atoms with Gasteiger partial charge in [-0.25, -0.2) is 13.6 Å². The van der Waals surface area contributed by atoms with Crippen LogP contribution < -0.4 is 34.7 Å². The third-order valence-electron chi connectivity index (χ3n) is 1.67. The average molecular weight is 265 g/mol. The first kappa shape index (κ1) is 13.8. The number of benzene rings is 1. The van der Waals surface area contributed by atoms with Gasteiger partial charge in [0.2, 0.25) is 4.34 Å². The van der Waals surface area contributed by atoms with Crippen LogP contribution in [0.4, 0.5) is 0 Å². The van der Waals surface area contributed by atoms with Gasteiger partial charge in [0.15, 0.2) is 0 Å². The van der Waals surface area contributed by atoms with E-state index in [4.69, 9.17) is 5.14 Å². The van der Waals surface area contributed by atoms with Gasteiger partial charge in [0.05, 0.1) is 0 Å². The van der Waals surface area contributed by atoms with Crippen molar-refractivity contribution in [2.45, 2.75) is 4.34 Å². The number of rotatable bonds is 2. The van der Waals surface area contributed by atoms with Crippen LogP contribution in [0.2, 0.25) is 0 Å². The maximum atomic E-state index is 11.0. The van der Waals surface area contributed by atoms with E-state index in [9.17, 15) is 8.42 Å². The number of nitrogens with two attached hydrogens (primary N) is 1. The Morgan fingerprint density at radius 1 is 1.19 bits per heavy atom. The van der Waals surface area contributed by atoms with E-state index in [1.807, 2.05) is 30.3 Å². The summed E-state index contributed by atoms with van der Waals surface area (Å²) < 4.78 is 21.8. The first-order valence-electron chi connectivity index (χ1n) is 3.99. The molecule has 2 N–H and O–H groups in total. The molecule has 5 nitrogen and oxygen atoms in total. The van der Waals surface area contributed by atoms with Crippen molar-refractivity contribution in [3.05, 3.63) is 30.3 Å². The Morgan fingerprint density at radius 2 is 1.81 bits per heavy atom. The van der Waals surface area contributed by atoms with E-state index in [1.165, 1.54) is 0 Å². The van der Waals surface area contributed by atoms with Crippen molar-refractivity contribution < 1.29 is 39.4 Å². The van der Waals surface area contributed by atoms with Gasteiger partial charge in [0, 0.05) is 5.56 Å². The molecule has 0 atom stereocenters. The van der Waals surface area contributed by atoms with E-state index in [-0.39, 0.29) is 35.3 Å². The maximum Gasteiger partial charge on any atom is 1.00 e. The van der Waals surface area contributed by atoms with E-state index >= 15 is 0 Å². The molecule has 0 aliphatic heterocycles. The molecule has 0 aliphatic rings. The molecule has 80 valence electrons. The SMILES string of the molecule is NS(=O)(=O)c1nnc(-c2ccccc2)s1.[H-].[Na+]. The zero-order valence-corrected chi connectivity index (χ0v) is 12.1. The van der Waals surface area contributed by atoms with Crippen LogP contribution in [0.5, 0.6) is 0 Å². The van der Waals surface area contributed by atoms with Gasteiger partial charge in [-0.2, -0.15) is 0 Å². The second-order valence-electron chi connectivity index (χ2n) is 2.78. The summed E-state index contributed by atoms with van der Waals surface area (Å²) in [5.74, 6) is 0. The Bertz CT molecular complexity index is 573. The Hall–Kier alpha value is -0.310. The largest absolute Gasteiger partial charge is 1.00 e. The van der Waals surface area contributed by atoms with Crippen LogP contribution in [0.1, 0.15) is 1.43 Å². The van der Waals surface area contributed by atoms with Gasteiger partial charge in [-0.1, -0.05) is 41.7 Å². The molecule has 16 heavy (non-hydrogen) atoms. The Morgan fingerprint density at radius 3 is 2.31 bits per heavy atom. The molecule has 1 aromatic carbocycles. The van der Waals surface area contributed by atoms with E-state index in [0.29, 0.717) is 5.01 Å². The summed E-state index contributed by atoms with van der Waals surface area (Å²) in [5, 5.41) is 12.8. The number of primary sulfonamides is 1. The summed E-state index contributed by atoms with van der Waals surface area (Å²) in [4.78, 5) is 0. The van der Waals surface area contributed by atoms with Gasteiger partial charge in [0.1, 0.15) is 5.01 Å². The van der Waals surface area contributed by atoms with Crippen LogP contribution in [0.3, 0.4) is 0 Å². The molecule has 0 saturated heterocycles. The summed E-state index contributed by atoms with van der Waals surface area (Å²) in [6.45, 7) is 0. The summed E-state index contributed by atoms with van der Waals surface area (Å²) in [6, 6.07) is 9.20. The Kier molecular flexibility index (Phi) is 4.60. The fourth-order valence-electron chi connectivity index (χ4n) is 1.02. The topological polar surface area (TPSA) is 85.9 Å². The van der Waals surface area contributed by atoms with Crippen molar-refractivity contribution in [3.63, 3.8) is 0 Å². The third kappa shape index (κ3) is 3.09. The van der Waals surface area contributed by atoms with Crippen molar-refractivity contribution in [2.75, 3.05) is 0 Å². The molecule has 2 rings (SSSR count). The standard InChI is InChI=1S/C8H7N3O2S2.Na.H/c9-15(12,13)8-11-10-7(14-8)6-4-2-1-3-5-6;;/h1-5H,(H2,9,12,13);;/q;+1;-1. The minimum absolute atomic E-state index is 0. The molecule has 0 amide bonds. The quantitative estimate of drug-likeness (QED) is 0.634. The van der Waals surface area contributed by atoms with Crippen molar-refractivity contribution in [2.24, 2.45) is 5.14 Å². The van der Waals surface area contributed by atoms with E-state index < -0.39 is 10.0 Å². The molecule has 1 aromatic heterocycles. The number of aromatic nitrogens is 2. The van der Waals surface area contributed by atoms with Gasteiger partial charge >= 0.3 is 29.6 Å². The molecule has 0 bridgehead atoms. The first-order valence-corrected chi connectivity index (χ1v) is 6.35. The first-order chi connectivity index (χ1) is 7.07. The summed E-state index contributed by atoms with van der Waals surface area (Å²) >= 11 is 0.958. The zero-order chi connectivity index (χ0) is 10.9. The van der Waals surface area contributed by atoms with Gasteiger partial charge in [0.25, 0.3) is 10.0 Å². The molecule has 0 saturated carbocycles. The summed E-state index contributed by atoms with van der Waals surface area (Å²) in [5.41, 5.74) is 0.824. The fourth-order valence-corrected chi connectivity index (χ4v) is 2.46. The summed E-state index contributed by atoms with van der Waals surface area (Å²) in [6.07, 6.45) is 0. The molecule has 8 heteroatoms. The van der Waals surface area contributed by atoms with Crippen molar-refractivity contribution in [1.29, 1.82) is 0 Å². The van der Waals surface area contributed by atoms with Crippen LogP contribution in [-0.4, -0.2) is 18.6 Å². The van der Waals surface area contributed by atoms with Crippen LogP contribution in [0.15, 0.2) is 34.7 Å². The minimum atomic E-state index is -3.75. The van der Waals surface area contributed by atoms with Gasteiger partial charge in [-0.3, -0.25) is 0 Å². The van der Waals surface area contributed by atoms with E-state index in [0.717, 1.165) is 16.9 Å². The molecule has 0 spiro atoms. The molecule has 0 aliphatic carbocycles. The third-order valence-corrected chi connectivity index (χ3v) is 3.95. The van der Waals surface area contributed by atoms with Gasteiger partial charge < -0.3 is 1.43 Å². The Labute approximate surface area is 121 Å². The number of hydrogen-bond donors (Lipinski definition) is 1. The van der Waals surface area contributed by atoms with Crippen LogP contribution in [0, 0.1) is 0 Å². The molecule has 0 radical (unpaired) electrons. The number of nitrogens with zero attached hydrogens (tertiary/aromatic N) is 2. The van der Waals surface area contributed by atoms with Crippen LogP contribution >= 0.6 is 11.3 Å². The van der Waals surface area contributed by atoms with Crippen LogP contribution in [0.25, 0.3) is 10.6 Å². The molecular weight excluding hydrogens is 257 g/mol. The molecule has 0 unspecified atom stereocenters. The average Bonchev–Trinajstić information content (AvgIpc) is 2.67. The zero-order valence-electron chi connectivity index (χ0n) is 9.49. The Balaban J connectivity index is 0.00000128. The molecule has 1 heterocycles. The van der Waals surface area contributed by atoms with Gasteiger partial charge in [-0.15, -0.1) is 10.2 Å². The predicted octanol–water partition coefficient (Wildman–Crippen LogP) is -2.03. The maximum absolute atomic E-state index is 11.0. The van der Waals surface area contributed by atoms with Gasteiger partial charge in [-0.05, 0) is 0 Å². The molecular formula is C8H8N3NaO2S2. The number of sulfonamides is 1.